The summed E-state index contributed by atoms with van der Waals surface area (Å²) in [6.45, 7) is 3.78. The number of nitrogens with two attached hydrogens (primary N) is 1. The number of urea groups is 1. The van der Waals surface area contributed by atoms with Gasteiger partial charge in [-0.15, -0.1) is 5.92 Å². The Labute approximate surface area is 211 Å². The van der Waals surface area contributed by atoms with Crippen molar-refractivity contribution in [2.75, 3.05) is 33.8 Å². The Balaban J connectivity index is 1.49. The minimum Gasteiger partial charge on any atom is -0.496 e. The van der Waals surface area contributed by atoms with Gasteiger partial charge in [0.2, 0.25) is 0 Å². The molecule has 0 bridgehead atoms. The number of rotatable bonds is 4. The lowest BCUT2D eigenvalue weighted by Gasteiger charge is -2.42. The van der Waals surface area contributed by atoms with Crippen LogP contribution < -0.4 is 10.5 Å². The van der Waals surface area contributed by atoms with Crippen molar-refractivity contribution in [2.45, 2.75) is 44.6 Å². The molecule has 5 rings (SSSR count). The number of ether oxygens (including phenoxy) is 1. The molecular formula is C27H32N6O3. The van der Waals surface area contributed by atoms with E-state index in [1.807, 2.05) is 41.3 Å². The minimum atomic E-state index is -0.633. The number of hydrogen-bond acceptors (Lipinski definition) is 7. The maximum atomic E-state index is 13.9. The van der Waals surface area contributed by atoms with Gasteiger partial charge in [0.05, 0.1) is 20.2 Å². The van der Waals surface area contributed by atoms with Gasteiger partial charge in [0.1, 0.15) is 5.75 Å². The molecule has 3 amide bonds. The number of benzene rings is 2. The van der Waals surface area contributed by atoms with Crippen molar-refractivity contribution < 1.29 is 14.3 Å². The van der Waals surface area contributed by atoms with Crippen LogP contribution in [0.5, 0.6) is 5.75 Å². The van der Waals surface area contributed by atoms with Crippen molar-refractivity contribution >= 4 is 28.7 Å². The fourth-order valence-corrected chi connectivity index (χ4v) is 5.42. The third-order valence-corrected chi connectivity index (χ3v) is 7.26. The highest BCUT2D eigenvalue weighted by atomic mass is 16.5. The van der Waals surface area contributed by atoms with Crippen molar-refractivity contribution in [3.8, 4) is 17.6 Å². The second kappa shape index (κ2) is 9.70. The number of likely N-dealkylation sites (tertiary alicyclic amines) is 1. The molecule has 3 aliphatic heterocycles. The van der Waals surface area contributed by atoms with E-state index in [1.54, 1.807) is 26.0 Å². The first kappa shape index (κ1) is 23.9. The maximum Gasteiger partial charge on any atom is 0.328 e. The summed E-state index contributed by atoms with van der Waals surface area (Å²) in [5, 5.41) is 1.88. The average molecular weight is 489 g/mol. The summed E-state index contributed by atoms with van der Waals surface area (Å²) in [5.41, 5.74) is 7.12. The van der Waals surface area contributed by atoms with E-state index in [9.17, 15) is 9.59 Å². The Morgan fingerprint density at radius 2 is 1.94 bits per heavy atom. The topological polar surface area (TPSA) is 94.7 Å². The smallest absolute Gasteiger partial charge is 0.328 e. The first-order valence-electron chi connectivity index (χ1n) is 12.3. The lowest BCUT2D eigenvalue weighted by Crippen LogP contribution is -2.65. The van der Waals surface area contributed by atoms with Crippen LogP contribution in [-0.2, 0) is 11.3 Å². The number of amides is 3. The lowest BCUT2D eigenvalue weighted by molar-refractivity contribution is -0.137. The fraction of sp³-hybridized carbons (Fsp3) is 0.444. The molecule has 2 unspecified atom stereocenters. The molecule has 2 N–H and O–H groups in total. The number of carbonyl (C=O) groups is 2. The van der Waals surface area contributed by atoms with Gasteiger partial charge in [-0.3, -0.25) is 9.69 Å². The van der Waals surface area contributed by atoms with Gasteiger partial charge >= 0.3 is 6.03 Å². The highest BCUT2D eigenvalue weighted by Gasteiger charge is 2.53. The van der Waals surface area contributed by atoms with E-state index >= 15 is 0 Å². The summed E-state index contributed by atoms with van der Waals surface area (Å²) in [4.78, 5) is 39.3. The number of piperidine rings is 1. The zero-order valence-electron chi connectivity index (χ0n) is 21.0. The largest absolute Gasteiger partial charge is 0.496 e. The van der Waals surface area contributed by atoms with E-state index in [0.29, 0.717) is 19.0 Å². The van der Waals surface area contributed by atoms with Crippen molar-refractivity contribution in [3.05, 3.63) is 42.0 Å². The van der Waals surface area contributed by atoms with Gasteiger partial charge in [0, 0.05) is 31.6 Å². The summed E-state index contributed by atoms with van der Waals surface area (Å²) in [6, 6.07) is 10.7. The molecule has 3 atom stereocenters. The van der Waals surface area contributed by atoms with Gasteiger partial charge in [0.15, 0.2) is 18.2 Å². The summed E-state index contributed by atoms with van der Waals surface area (Å²) >= 11 is 0. The normalized spacial score (nSPS) is 24.0. The van der Waals surface area contributed by atoms with Gasteiger partial charge in [-0.2, -0.15) is 0 Å². The predicted molar refractivity (Wildman–Crippen MR) is 138 cm³/mol. The maximum absolute atomic E-state index is 13.9. The second-order valence-corrected chi connectivity index (χ2v) is 9.48. The second-order valence-electron chi connectivity index (χ2n) is 9.48. The summed E-state index contributed by atoms with van der Waals surface area (Å²) < 4.78 is 5.51. The van der Waals surface area contributed by atoms with Crippen LogP contribution in [-0.4, -0.2) is 89.5 Å². The summed E-state index contributed by atoms with van der Waals surface area (Å²) in [7, 11) is 3.35. The molecule has 0 aliphatic carbocycles. The quantitative estimate of drug-likeness (QED) is 0.662. The number of imide groups is 1. The molecule has 9 heteroatoms. The number of methoxy groups -OCH3 is 1. The molecule has 2 saturated heterocycles. The van der Waals surface area contributed by atoms with E-state index in [0.717, 1.165) is 41.5 Å². The molecule has 0 spiro atoms. The number of nitrogens with zero attached hydrogens (tertiary/aromatic N) is 5. The zero-order valence-corrected chi connectivity index (χ0v) is 21.0. The third kappa shape index (κ3) is 4.01. The number of likely N-dealkylation sites (N-methyl/N-ethyl adjacent to an activating group) is 1. The van der Waals surface area contributed by atoms with Crippen LogP contribution in [0.15, 0.2) is 41.4 Å². The lowest BCUT2D eigenvalue weighted by atomic mass is 10.0. The Bertz CT molecular complexity index is 1280. The van der Waals surface area contributed by atoms with Crippen LogP contribution in [0.4, 0.5) is 4.79 Å². The molecule has 0 aromatic heterocycles. The molecule has 0 saturated carbocycles. The van der Waals surface area contributed by atoms with Crippen LogP contribution >= 0.6 is 0 Å². The van der Waals surface area contributed by atoms with Crippen molar-refractivity contribution in [3.63, 3.8) is 0 Å². The van der Waals surface area contributed by atoms with Gasteiger partial charge in [-0.05, 0) is 36.8 Å². The molecule has 2 fully saturated rings. The first-order chi connectivity index (χ1) is 17.4. The highest BCUT2D eigenvalue weighted by Crippen LogP contribution is 2.33. The van der Waals surface area contributed by atoms with Crippen LogP contribution in [0.25, 0.3) is 10.8 Å². The Hall–Kier alpha value is -3.77. The zero-order chi connectivity index (χ0) is 25.4. The molecule has 3 aliphatic rings. The Morgan fingerprint density at radius 3 is 2.67 bits per heavy atom. The van der Waals surface area contributed by atoms with Crippen LogP contribution in [0.1, 0.15) is 25.3 Å². The van der Waals surface area contributed by atoms with Crippen LogP contribution in [0.2, 0.25) is 0 Å². The van der Waals surface area contributed by atoms with Crippen molar-refractivity contribution in [1.29, 1.82) is 0 Å². The van der Waals surface area contributed by atoms with E-state index in [2.05, 4.69) is 16.7 Å². The van der Waals surface area contributed by atoms with E-state index in [-0.39, 0.29) is 24.5 Å². The van der Waals surface area contributed by atoms with E-state index in [4.69, 9.17) is 15.5 Å². The number of guanidine groups is 1. The van der Waals surface area contributed by atoms with Gasteiger partial charge in [-0.1, -0.05) is 36.3 Å². The molecule has 188 valence electrons. The monoisotopic (exact) mass is 488 g/mol. The van der Waals surface area contributed by atoms with Gasteiger partial charge < -0.3 is 25.2 Å². The SMILES string of the molecule is CC#CCN1C(N2CCC[C@H](N)C2)=NC2C1C(=O)N(Cc1ccc(OC)c3ccccc13)C(=O)N2C. The van der Waals surface area contributed by atoms with Crippen molar-refractivity contribution in [1.82, 2.24) is 19.6 Å². The van der Waals surface area contributed by atoms with Crippen molar-refractivity contribution in [2.24, 2.45) is 10.7 Å². The van der Waals surface area contributed by atoms with E-state index < -0.39 is 12.2 Å². The molecule has 2 aromatic rings. The van der Waals surface area contributed by atoms with E-state index in [1.165, 1.54) is 4.90 Å². The molecule has 3 heterocycles. The highest BCUT2D eigenvalue weighted by molar-refractivity contribution is 6.04. The number of carbonyl (C=O) groups excluding carboxylic acids is 2. The predicted octanol–water partition coefficient (Wildman–Crippen LogP) is 2.06. The summed E-state index contributed by atoms with van der Waals surface area (Å²) in [5.74, 6) is 7.22. The molecule has 2 aromatic carbocycles. The van der Waals surface area contributed by atoms with Crippen LogP contribution in [0, 0.1) is 11.8 Å². The first-order valence-corrected chi connectivity index (χ1v) is 12.3. The number of fused-ring (bicyclic) bond motifs is 2. The molecule has 9 nitrogen and oxygen atoms in total. The Kier molecular flexibility index (Phi) is 6.46. The van der Waals surface area contributed by atoms with Gasteiger partial charge in [-0.25, -0.2) is 9.79 Å². The minimum absolute atomic E-state index is 0.0538. The number of aliphatic imine (C=N–C) groups is 1. The Morgan fingerprint density at radius 1 is 1.17 bits per heavy atom. The van der Waals surface area contributed by atoms with Crippen LogP contribution in [0.3, 0.4) is 0 Å². The number of hydrogen-bond donors (Lipinski definition) is 1. The molecule has 36 heavy (non-hydrogen) atoms. The molecular weight excluding hydrogens is 456 g/mol. The van der Waals surface area contributed by atoms with Gasteiger partial charge in [0.25, 0.3) is 5.91 Å². The average Bonchev–Trinajstić information content (AvgIpc) is 3.28. The standard InChI is InChI=1S/C27H32N6O3/c1-4-5-15-32-23-24(29-26(32)31-14-8-9-19(28)17-31)30(2)27(35)33(25(23)34)16-18-12-13-22(36-3)21-11-7-6-10-20(18)21/h6-7,10-13,19,23-24H,8-9,14-17,28H2,1-3H3/t19-,23?,24?/m0/s1. The molecule has 0 radical (unpaired) electrons. The summed E-state index contributed by atoms with van der Waals surface area (Å²) in [6.07, 6.45) is 1.33. The third-order valence-electron chi connectivity index (χ3n) is 7.26. The fourth-order valence-electron chi connectivity index (χ4n) is 5.42.